The zero-order valence-corrected chi connectivity index (χ0v) is 13.1. The molecule has 0 aromatic rings. The predicted octanol–water partition coefficient (Wildman–Crippen LogP) is 3.03. The summed E-state index contributed by atoms with van der Waals surface area (Å²) in [5.41, 5.74) is 9.13. The summed E-state index contributed by atoms with van der Waals surface area (Å²) < 4.78 is 0. The molecule has 0 aliphatic carbocycles. The van der Waals surface area contributed by atoms with E-state index in [0.717, 1.165) is 5.57 Å². The van der Waals surface area contributed by atoms with Crippen molar-refractivity contribution in [2.24, 2.45) is 11.1 Å². The molecule has 0 fully saturated rings. The zero-order chi connectivity index (χ0) is 15.3. The lowest BCUT2D eigenvalue weighted by Crippen LogP contribution is -2.43. The lowest BCUT2D eigenvalue weighted by molar-refractivity contribution is 0.250. The van der Waals surface area contributed by atoms with Crippen LogP contribution in [0.25, 0.3) is 0 Å². The molecule has 108 valence electrons. The summed E-state index contributed by atoms with van der Waals surface area (Å²) in [7, 11) is 0. The third-order valence-electron chi connectivity index (χ3n) is 2.16. The first-order valence-electron chi connectivity index (χ1n) is 6.44. The van der Waals surface area contributed by atoms with Crippen LogP contribution in [0.5, 0.6) is 0 Å². The summed E-state index contributed by atoms with van der Waals surface area (Å²) >= 11 is 0. The zero-order valence-electron chi connectivity index (χ0n) is 13.1. The van der Waals surface area contributed by atoms with E-state index in [0.29, 0.717) is 5.82 Å². The van der Waals surface area contributed by atoms with Gasteiger partial charge in [-0.05, 0) is 45.3 Å². The minimum absolute atomic E-state index is 0.0728. The average molecular weight is 265 g/mol. The van der Waals surface area contributed by atoms with Crippen molar-refractivity contribution >= 4 is 6.03 Å². The normalized spacial score (nSPS) is 12.5. The molecule has 4 N–H and O–H groups in total. The summed E-state index contributed by atoms with van der Waals surface area (Å²) in [6, 6.07) is -0.586. The maximum atomic E-state index is 11.1. The van der Waals surface area contributed by atoms with Crippen LogP contribution in [0.3, 0.4) is 0 Å². The number of urea groups is 1. The predicted molar refractivity (Wildman–Crippen MR) is 80.4 cm³/mol. The Hall–Kier alpha value is -1.67. The third kappa shape index (κ3) is 8.11. The number of amides is 2. The van der Waals surface area contributed by atoms with Crippen LogP contribution in [-0.4, -0.2) is 11.6 Å². The largest absolute Gasteiger partial charge is 0.367 e. The molecule has 0 aromatic carbocycles. The van der Waals surface area contributed by atoms with E-state index in [-0.39, 0.29) is 11.0 Å². The van der Waals surface area contributed by atoms with E-state index >= 15 is 0 Å². The van der Waals surface area contributed by atoms with Gasteiger partial charge in [0.25, 0.3) is 0 Å². The van der Waals surface area contributed by atoms with Gasteiger partial charge in [-0.3, -0.25) is 5.32 Å². The van der Waals surface area contributed by atoms with E-state index in [1.165, 1.54) is 0 Å². The topological polar surface area (TPSA) is 67.1 Å². The highest BCUT2D eigenvalue weighted by Crippen LogP contribution is 2.26. The second-order valence-corrected chi connectivity index (χ2v) is 6.52. The Morgan fingerprint density at radius 2 is 1.68 bits per heavy atom. The molecule has 0 spiro atoms. The Morgan fingerprint density at radius 1 is 1.16 bits per heavy atom. The van der Waals surface area contributed by atoms with E-state index in [2.05, 4.69) is 37.1 Å². The van der Waals surface area contributed by atoms with Crippen molar-refractivity contribution in [1.29, 1.82) is 0 Å². The van der Waals surface area contributed by atoms with Crippen molar-refractivity contribution in [3.8, 4) is 0 Å². The molecular weight excluding hydrogens is 238 g/mol. The van der Waals surface area contributed by atoms with Crippen LogP contribution in [0.15, 0.2) is 29.3 Å². The number of hydrogen-bond donors (Lipinski definition) is 3. The molecule has 19 heavy (non-hydrogen) atoms. The molecule has 0 unspecified atom stereocenters. The second kappa shape index (κ2) is 6.48. The first-order valence-corrected chi connectivity index (χ1v) is 6.44. The lowest BCUT2D eigenvalue weighted by Gasteiger charge is -2.26. The highest BCUT2D eigenvalue weighted by Gasteiger charge is 2.18. The summed E-state index contributed by atoms with van der Waals surface area (Å²) in [6.45, 7) is 14.2. The van der Waals surface area contributed by atoms with Gasteiger partial charge in [0.15, 0.2) is 0 Å². The van der Waals surface area contributed by atoms with Crippen LogP contribution in [0.2, 0.25) is 0 Å². The van der Waals surface area contributed by atoms with Crippen molar-refractivity contribution in [2.45, 2.75) is 54.0 Å². The second-order valence-electron chi connectivity index (χ2n) is 6.52. The number of nitrogens with two attached hydrogens (primary N) is 1. The van der Waals surface area contributed by atoms with Gasteiger partial charge in [0.1, 0.15) is 5.82 Å². The molecule has 0 heterocycles. The molecular formula is C15H27N3O. The summed E-state index contributed by atoms with van der Waals surface area (Å²) in [5, 5.41) is 5.83. The number of hydrogen-bond acceptors (Lipinski definition) is 2. The van der Waals surface area contributed by atoms with Crippen LogP contribution >= 0.6 is 0 Å². The molecule has 0 radical (unpaired) electrons. The van der Waals surface area contributed by atoms with E-state index in [4.69, 9.17) is 5.73 Å². The molecule has 0 rings (SSSR count). The first kappa shape index (κ1) is 17.3. The van der Waals surface area contributed by atoms with Crippen molar-refractivity contribution in [1.82, 2.24) is 10.6 Å². The van der Waals surface area contributed by atoms with Crippen molar-refractivity contribution < 1.29 is 4.79 Å². The van der Waals surface area contributed by atoms with E-state index in [1.807, 2.05) is 39.8 Å². The molecule has 2 amide bonds. The van der Waals surface area contributed by atoms with Gasteiger partial charge in [-0.25, -0.2) is 4.79 Å². The number of primary amides is 1. The van der Waals surface area contributed by atoms with Crippen molar-refractivity contribution in [2.75, 3.05) is 0 Å². The number of rotatable bonds is 3. The van der Waals surface area contributed by atoms with Gasteiger partial charge in [-0.2, -0.15) is 0 Å². The summed E-state index contributed by atoms with van der Waals surface area (Å²) in [5.74, 6) is 0.583. The monoisotopic (exact) mass is 265 g/mol. The fourth-order valence-electron chi connectivity index (χ4n) is 1.41. The fourth-order valence-corrected chi connectivity index (χ4v) is 1.41. The summed E-state index contributed by atoms with van der Waals surface area (Å²) in [4.78, 5) is 11.1. The molecule has 4 nitrogen and oxygen atoms in total. The third-order valence-corrected chi connectivity index (χ3v) is 2.16. The van der Waals surface area contributed by atoms with Gasteiger partial charge in [0.05, 0.1) is 0 Å². The number of nitrogens with one attached hydrogen (secondary N) is 2. The van der Waals surface area contributed by atoms with Crippen LogP contribution in [-0.2, 0) is 0 Å². The van der Waals surface area contributed by atoms with Crippen molar-refractivity contribution in [3.63, 3.8) is 0 Å². The SMILES string of the molecule is CC=C=C(/C=C(/NC(N)=O)NC(C)(C)C)C(C)(C)C. The quantitative estimate of drug-likeness (QED) is 0.542. The van der Waals surface area contributed by atoms with Crippen LogP contribution in [0, 0.1) is 5.41 Å². The van der Waals surface area contributed by atoms with Gasteiger partial charge in [0, 0.05) is 11.1 Å². The molecule has 0 saturated heterocycles. The molecule has 0 aliphatic rings. The fraction of sp³-hybridized carbons (Fsp3) is 0.600. The maximum Gasteiger partial charge on any atom is 0.317 e. The van der Waals surface area contributed by atoms with E-state index in [1.54, 1.807) is 0 Å². The molecule has 0 bridgehead atoms. The standard InChI is InChI=1S/C15H27N3O/c1-8-9-11(14(2,3)4)10-12(17-13(16)19)18-15(5,6)7/h8,10,18H,1-7H3,(H3,16,17,19)/b12-10-. The Morgan fingerprint density at radius 3 is 2.00 bits per heavy atom. The van der Waals surface area contributed by atoms with Gasteiger partial charge in [0.2, 0.25) is 0 Å². The summed E-state index contributed by atoms with van der Waals surface area (Å²) in [6.07, 6.45) is 3.73. The van der Waals surface area contributed by atoms with Crippen LogP contribution in [0.1, 0.15) is 48.5 Å². The van der Waals surface area contributed by atoms with Crippen LogP contribution < -0.4 is 16.4 Å². The van der Waals surface area contributed by atoms with Gasteiger partial charge < -0.3 is 11.1 Å². The smallest absolute Gasteiger partial charge is 0.317 e. The number of allylic oxidation sites excluding steroid dienone is 2. The number of carbonyl (C=O) groups excluding carboxylic acids is 1. The van der Waals surface area contributed by atoms with E-state index in [9.17, 15) is 4.79 Å². The molecule has 0 atom stereocenters. The first-order chi connectivity index (χ1) is 8.45. The van der Waals surface area contributed by atoms with Crippen LogP contribution in [0.4, 0.5) is 4.79 Å². The van der Waals surface area contributed by atoms with E-state index < -0.39 is 6.03 Å². The van der Waals surface area contributed by atoms with Gasteiger partial charge in [-0.15, -0.1) is 5.73 Å². The maximum absolute atomic E-state index is 11.1. The molecule has 0 aromatic heterocycles. The van der Waals surface area contributed by atoms with Gasteiger partial charge in [-0.1, -0.05) is 20.8 Å². The lowest BCUT2D eigenvalue weighted by atomic mass is 9.86. The molecule has 4 heteroatoms. The molecule has 0 saturated carbocycles. The van der Waals surface area contributed by atoms with Gasteiger partial charge >= 0.3 is 6.03 Å². The Bertz CT molecular complexity index is 414. The minimum atomic E-state index is -0.586. The number of carbonyl (C=O) groups is 1. The minimum Gasteiger partial charge on any atom is -0.367 e. The van der Waals surface area contributed by atoms with Crippen molar-refractivity contribution in [3.05, 3.63) is 29.3 Å². The average Bonchev–Trinajstić information content (AvgIpc) is 2.11. The molecule has 0 aliphatic heterocycles. The highest BCUT2D eigenvalue weighted by molar-refractivity contribution is 5.73. The Kier molecular flexibility index (Phi) is 5.91. The Balaban J connectivity index is 5.51. The Labute approximate surface area is 116 Å². The highest BCUT2D eigenvalue weighted by atomic mass is 16.2.